The van der Waals surface area contributed by atoms with Crippen LogP contribution < -0.4 is 0 Å². The van der Waals surface area contributed by atoms with Gasteiger partial charge in [0.25, 0.3) is 0 Å². The van der Waals surface area contributed by atoms with Gasteiger partial charge in [-0.3, -0.25) is 4.79 Å². The Morgan fingerprint density at radius 2 is 1.94 bits per heavy atom. The van der Waals surface area contributed by atoms with Gasteiger partial charge in [-0.15, -0.1) is 0 Å². The average molecular weight is 246 g/mol. The van der Waals surface area contributed by atoms with E-state index in [0.717, 1.165) is 11.1 Å². The largest absolute Gasteiger partial charge is 0.481 e. The molecule has 1 saturated carbocycles. The van der Waals surface area contributed by atoms with Crippen LogP contribution in [0.5, 0.6) is 0 Å². The lowest BCUT2D eigenvalue weighted by Gasteiger charge is -2.24. The van der Waals surface area contributed by atoms with Gasteiger partial charge in [-0.1, -0.05) is 35.9 Å². The standard InChI is InChI=1S/C14H14O4/c15-13(8-11-6-12(7-11)14(16)17)18-9-10-4-2-1-3-5-10/h1-5,8,12H,6-7,9H2,(H,16,17). The third-order valence-corrected chi connectivity index (χ3v) is 2.91. The molecule has 0 radical (unpaired) electrons. The van der Waals surface area contributed by atoms with E-state index in [1.54, 1.807) is 0 Å². The summed E-state index contributed by atoms with van der Waals surface area (Å²) >= 11 is 0. The molecule has 0 aliphatic heterocycles. The Labute approximate surface area is 105 Å². The first-order valence-electron chi connectivity index (χ1n) is 5.78. The number of esters is 1. The van der Waals surface area contributed by atoms with Crippen molar-refractivity contribution in [2.75, 3.05) is 0 Å². The summed E-state index contributed by atoms with van der Waals surface area (Å²) in [6.45, 7) is 0.242. The van der Waals surface area contributed by atoms with Gasteiger partial charge in [0.2, 0.25) is 0 Å². The van der Waals surface area contributed by atoms with Crippen molar-refractivity contribution in [1.82, 2.24) is 0 Å². The molecule has 0 saturated heterocycles. The van der Waals surface area contributed by atoms with E-state index >= 15 is 0 Å². The Hall–Kier alpha value is -2.10. The quantitative estimate of drug-likeness (QED) is 0.653. The first-order valence-corrected chi connectivity index (χ1v) is 5.78. The SMILES string of the molecule is O=C(C=C1CC(C(=O)O)C1)OCc1ccccc1. The minimum Gasteiger partial charge on any atom is -0.481 e. The summed E-state index contributed by atoms with van der Waals surface area (Å²) in [5.74, 6) is -1.54. The van der Waals surface area contributed by atoms with Crippen LogP contribution in [0.3, 0.4) is 0 Å². The summed E-state index contributed by atoms with van der Waals surface area (Å²) in [7, 11) is 0. The summed E-state index contributed by atoms with van der Waals surface area (Å²) in [5, 5.41) is 8.69. The van der Waals surface area contributed by atoms with Crippen LogP contribution in [0.25, 0.3) is 0 Å². The third kappa shape index (κ3) is 3.20. The first kappa shape index (κ1) is 12.4. The number of carbonyl (C=O) groups excluding carboxylic acids is 1. The van der Waals surface area contributed by atoms with Crippen molar-refractivity contribution in [3.05, 3.63) is 47.5 Å². The first-order chi connectivity index (χ1) is 8.65. The number of rotatable bonds is 4. The molecule has 1 aliphatic rings. The Balaban J connectivity index is 1.77. The topological polar surface area (TPSA) is 63.6 Å². The van der Waals surface area contributed by atoms with E-state index in [2.05, 4.69) is 0 Å². The average Bonchev–Trinajstić information content (AvgIpc) is 2.31. The fraction of sp³-hybridized carbons (Fsp3) is 0.286. The van der Waals surface area contributed by atoms with Gasteiger partial charge in [0.05, 0.1) is 5.92 Å². The van der Waals surface area contributed by atoms with Crippen molar-refractivity contribution < 1.29 is 19.4 Å². The highest BCUT2D eigenvalue weighted by atomic mass is 16.5. The molecule has 18 heavy (non-hydrogen) atoms. The summed E-state index contributed by atoms with van der Waals surface area (Å²) < 4.78 is 5.07. The molecule has 2 rings (SSSR count). The van der Waals surface area contributed by atoms with Crippen molar-refractivity contribution in [2.45, 2.75) is 19.4 Å². The van der Waals surface area contributed by atoms with Gasteiger partial charge in [0, 0.05) is 6.08 Å². The van der Waals surface area contributed by atoms with Gasteiger partial charge < -0.3 is 9.84 Å². The number of carboxylic acids is 1. The molecular weight excluding hydrogens is 232 g/mol. The molecule has 0 heterocycles. The van der Waals surface area contributed by atoms with E-state index in [9.17, 15) is 9.59 Å². The second-order valence-corrected chi connectivity index (χ2v) is 4.34. The van der Waals surface area contributed by atoms with Crippen LogP contribution in [0.2, 0.25) is 0 Å². The maximum Gasteiger partial charge on any atom is 0.331 e. The fourth-order valence-corrected chi connectivity index (χ4v) is 1.80. The predicted molar refractivity (Wildman–Crippen MR) is 64.7 cm³/mol. The van der Waals surface area contributed by atoms with E-state index in [1.165, 1.54) is 6.08 Å². The summed E-state index contributed by atoms with van der Waals surface area (Å²) in [4.78, 5) is 22.0. The highest BCUT2D eigenvalue weighted by Crippen LogP contribution is 2.32. The van der Waals surface area contributed by atoms with Crippen LogP contribution in [-0.4, -0.2) is 17.0 Å². The van der Waals surface area contributed by atoms with Gasteiger partial charge in [0.1, 0.15) is 6.61 Å². The molecule has 4 nitrogen and oxygen atoms in total. The van der Waals surface area contributed by atoms with Crippen LogP contribution >= 0.6 is 0 Å². The van der Waals surface area contributed by atoms with Gasteiger partial charge in [-0.05, 0) is 18.4 Å². The molecule has 1 aromatic carbocycles. The maximum absolute atomic E-state index is 11.5. The van der Waals surface area contributed by atoms with Crippen LogP contribution in [0.1, 0.15) is 18.4 Å². The fourth-order valence-electron chi connectivity index (χ4n) is 1.80. The molecule has 0 atom stereocenters. The van der Waals surface area contributed by atoms with E-state index < -0.39 is 11.9 Å². The number of aliphatic carboxylic acids is 1. The third-order valence-electron chi connectivity index (χ3n) is 2.91. The molecule has 0 spiro atoms. The lowest BCUT2D eigenvalue weighted by molar-refractivity contribution is -0.143. The Morgan fingerprint density at radius 3 is 2.56 bits per heavy atom. The van der Waals surface area contributed by atoms with Crippen LogP contribution in [0.4, 0.5) is 0 Å². The van der Waals surface area contributed by atoms with Crippen molar-refractivity contribution >= 4 is 11.9 Å². The number of benzene rings is 1. The molecule has 1 fully saturated rings. The smallest absolute Gasteiger partial charge is 0.331 e. The zero-order valence-corrected chi connectivity index (χ0v) is 9.83. The highest BCUT2D eigenvalue weighted by Gasteiger charge is 2.29. The van der Waals surface area contributed by atoms with E-state index in [-0.39, 0.29) is 12.5 Å². The van der Waals surface area contributed by atoms with Crippen molar-refractivity contribution in [2.24, 2.45) is 5.92 Å². The Bertz CT molecular complexity index is 468. The molecule has 94 valence electrons. The zero-order valence-electron chi connectivity index (χ0n) is 9.83. The van der Waals surface area contributed by atoms with E-state index in [0.29, 0.717) is 12.8 Å². The highest BCUT2D eigenvalue weighted by molar-refractivity contribution is 5.84. The predicted octanol–water partition coefficient (Wildman–Crippen LogP) is 2.15. The molecule has 1 aliphatic carbocycles. The van der Waals surface area contributed by atoms with Crippen molar-refractivity contribution in [1.29, 1.82) is 0 Å². The van der Waals surface area contributed by atoms with E-state index in [4.69, 9.17) is 9.84 Å². The molecule has 0 amide bonds. The second-order valence-electron chi connectivity index (χ2n) is 4.34. The number of hydrogen-bond donors (Lipinski definition) is 1. The maximum atomic E-state index is 11.5. The summed E-state index contributed by atoms with van der Waals surface area (Å²) in [5.41, 5.74) is 1.78. The summed E-state index contributed by atoms with van der Waals surface area (Å²) in [6.07, 6.45) is 2.31. The Kier molecular flexibility index (Phi) is 3.77. The second kappa shape index (κ2) is 5.49. The number of hydrogen-bond acceptors (Lipinski definition) is 3. The van der Waals surface area contributed by atoms with Gasteiger partial charge >= 0.3 is 11.9 Å². The molecule has 1 N–H and O–H groups in total. The lowest BCUT2D eigenvalue weighted by Crippen LogP contribution is -2.24. The number of allylic oxidation sites excluding steroid dienone is 1. The molecule has 4 heteroatoms. The van der Waals surface area contributed by atoms with Crippen molar-refractivity contribution in [3.8, 4) is 0 Å². The normalized spacial score (nSPS) is 17.8. The molecular formula is C14H14O4. The van der Waals surface area contributed by atoms with Crippen LogP contribution in [0, 0.1) is 5.92 Å². The molecule has 1 aromatic rings. The monoisotopic (exact) mass is 246 g/mol. The number of carbonyl (C=O) groups is 2. The van der Waals surface area contributed by atoms with Crippen LogP contribution in [-0.2, 0) is 20.9 Å². The van der Waals surface area contributed by atoms with Gasteiger partial charge in [0.15, 0.2) is 0 Å². The zero-order chi connectivity index (χ0) is 13.0. The minimum atomic E-state index is -0.801. The van der Waals surface area contributed by atoms with Crippen LogP contribution in [0.15, 0.2) is 42.0 Å². The summed E-state index contributed by atoms with van der Waals surface area (Å²) in [6, 6.07) is 9.41. The van der Waals surface area contributed by atoms with Crippen molar-refractivity contribution in [3.63, 3.8) is 0 Å². The Morgan fingerprint density at radius 1 is 1.28 bits per heavy atom. The van der Waals surface area contributed by atoms with E-state index in [1.807, 2.05) is 30.3 Å². The minimum absolute atomic E-state index is 0.242. The number of ether oxygens (including phenoxy) is 1. The van der Waals surface area contributed by atoms with Gasteiger partial charge in [-0.25, -0.2) is 4.79 Å². The van der Waals surface area contributed by atoms with Gasteiger partial charge in [-0.2, -0.15) is 0 Å². The number of carboxylic acid groups (broad SMARTS) is 1. The molecule has 0 bridgehead atoms. The molecule has 0 unspecified atom stereocenters. The lowest BCUT2D eigenvalue weighted by atomic mass is 9.80. The molecule has 0 aromatic heterocycles.